The van der Waals surface area contributed by atoms with Crippen molar-refractivity contribution in [2.45, 2.75) is 23.8 Å². The number of carbonyl (C=O) groups is 2. The first-order valence-electron chi connectivity index (χ1n) is 8.04. The highest BCUT2D eigenvalue weighted by atomic mass is 32.2. The molecular weight excluding hydrogens is 344 g/mol. The molecule has 2 rings (SSSR count). The lowest BCUT2D eigenvalue weighted by atomic mass is 10.0. The maximum Gasteiger partial charge on any atom is 0.251 e. The number of benzene rings is 1. The van der Waals surface area contributed by atoms with Crippen molar-refractivity contribution in [3.63, 3.8) is 0 Å². The summed E-state index contributed by atoms with van der Waals surface area (Å²) in [6.07, 6.45) is 1.48. The highest BCUT2D eigenvalue weighted by molar-refractivity contribution is 7.89. The maximum absolute atomic E-state index is 12.3. The zero-order chi connectivity index (χ0) is 18.6. The van der Waals surface area contributed by atoms with E-state index in [-0.39, 0.29) is 29.3 Å². The Morgan fingerprint density at radius 3 is 2.24 bits per heavy atom. The molecule has 0 aromatic heterocycles. The summed E-state index contributed by atoms with van der Waals surface area (Å²) in [6.45, 7) is 1.64. The van der Waals surface area contributed by atoms with Gasteiger partial charge >= 0.3 is 0 Å². The molecular formula is C16H24N4O4S. The van der Waals surface area contributed by atoms with Crippen LogP contribution in [0.1, 0.15) is 23.2 Å². The Labute approximate surface area is 148 Å². The van der Waals surface area contributed by atoms with Crippen molar-refractivity contribution in [2.75, 3.05) is 33.7 Å². The molecule has 0 bridgehead atoms. The van der Waals surface area contributed by atoms with Gasteiger partial charge in [-0.1, -0.05) is 0 Å². The van der Waals surface area contributed by atoms with Crippen LogP contribution in [0.2, 0.25) is 0 Å². The minimum atomic E-state index is -3.50. The Morgan fingerprint density at radius 2 is 1.76 bits per heavy atom. The third-order valence-electron chi connectivity index (χ3n) is 4.20. The second-order valence-electron chi connectivity index (χ2n) is 6.30. The second kappa shape index (κ2) is 7.94. The van der Waals surface area contributed by atoms with Crippen LogP contribution in [0.3, 0.4) is 0 Å². The van der Waals surface area contributed by atoms with E-state index in [1.165, 1.54) is 38.4 Å². The number of nitrogens with two attached hydrogens (primary N) is 1. The molecule has 138 valence electrons. The first-order valence-corrected chi connectivity index (χ1v) is 9.48. The first-order chi connectivity index (χ1) is 11.7. The van der Waals surface area contributed by atoms with Crippen molar-refractivity contribution in [1.29, 1.82) is 0 Å². The van der Waals surface area contributed by atoms with E-state index in [4.69, 9.17) is 5.73 Å². The van der Waals surface area contributed by atoms with Gasteiger partial charge in [-0.2, -0.15) is 0 Å². The molecule has 1 aliphatic rings. The molecule has 1 aromatic rings. The predicted molar refractivity (Wildman–Crippen MR) is 93.4 cm³/mol. The fourth-order valence-electron chi connectivity index (χ4n) is 2.71. The average Bonchev–Trinajstić information content (AvgIpc) is 2.56. The van der Waals surface area contributed by atoms with Gasteiger partial charge in [0.15, 0.2) is 0 Å². The van der Waals surface area contributed by atoms with Crippen molar-refractivity contribution in [3.05, 3.63) is 29.8 Å². The SMILES string of the molecule is CN(C)S(=O)(=O)c1ccc(C(=O)NC2CCN(CC(N)=O)CC2)cc1. The summed E-state index contributed by atoms with van der Waals surface area (Å²) in [5.41, 5.74) is 5.59. The molecule has 1 fully saturated rings. The van der Waals surface area contributed by atoms with Gasteiger partial charge in [-0.25, -0.2) is 12.7 Å². The van der Waals surface area contributed by atoms with E-state index < -0.39 is 10.0 Å². The van der Waals surface area contributed by atoms with Crippen molar-refractivity contribution in [1.82, 2.24) is 14.5 Å². The van der Waals surface area contributed by atoms with Crippen molar-refractivity contribution < 1.29 is 18.0 Å². The molecule has 1 heterocycles. The van der Waals surface area contributed by atoms with E-state index in [2.05, 4.69) is 5.32 Å². The smallest absolute Gasteiger partial charge is 0.251 e. The van der Waals surface area contributed by atoms with Gasteiger partial charge in [0, 0.05) is 38.8 Å². The van der Waals surface area contributed by atoms with Crippen LogP contribution >= 0.6 is 0 Å². The normalized spacial score (nSPS) is 16.8. The fourth-order valence-corrected chi connectivity index (χ4v) is 3.62. The Morgan fingerprint density at radius 1 is 1.20 bits per heavy atom. The number of hydrogen-bond acceptors (Lipinski definition) is 5. The molecule has 0 atom stereocenters. The molecule has 1 aromatic carbocycles. The van der Waals surface area contributed by atoms with Crippen molar-refractivity contribution in [2.24, 2.45) is 5.73 Å². The monoisotopic (exact) mass is 368 g/mol. The number of likely N-dealkylation sites (tertiary alicyclic amines) is 1. The highest BCUT2D eigenvalue weighted by Gasteiger charge is 2.22. The molecule has 0 unspecified atom stereocenters. The lowest BCUT2D eigenvalue weighted by molar-refractivity contribution is -0.119. The summed E-state index contributed by atoms with van der Waals surface area (Å²) in [5, 5.41) is 2.95. The average molecular weight is 368 g/mol. The van der Waals surface area contributed by atoms with Crippen LogP contribution in [0.15, 0.2) is 29.2 Å². The van der Waals surface area contributed by atoms with Crippen molar-refractivity contribution >= 4 is 21.8 Å². The standard InChI is InChI=1S/C16H24N4O4S/c1-19(2)25(23,24)14-5-3-12(4-6-14)16(22)18-13-7-9-20(10-8-13)11-15(17)21/h3-6,13H,7-11H2,1-2H3,(H2,17,21)(H,18,22). The molecule has 8 nitrogen and oxygen atoms in total. The van der Waals surface area contributed by atoms with Gasteiger partial charge in [0.2, 0.25) is 15.9 Å². The zero-order valence-electron chi connectivity index (χ0n) is 14.4. The van der Waals surface area contributed by atoms with Crippen LogP contribution in [0, 0.1) is 0 Å². The van der Waals surface area contributed by atoms with E-state index in [9.17, 15) is 18.0 Å². The van der Waals surface area contributed by atoms with E-state index in [1.807, 2.05) is 4.90 Å². The van der Waals surface area contributed by atoms with Gasteiger partial charge < -0.3 is 11.1 Å². The largest absolute Gasteiger partial charge is 0.369 e. The summed E-state index contributed by atoms with van der Waals surface area (Å²) >= 11 is 0. The van der Waals surface area contributed by atoms with Crippen LogP contribution in [-0.2, 0) is 14.8 Å². The minimum absolute atomic E-state index is 0.0295. The molecule has 2 amide bonds. The number of hydrogen-bond donors (Lipinski definition) is 2. The summed E-state index contributed by atoms with van der Waals surface area (Å²) in [6, 6.07) is 5.91. The third-order valence-corrected chi connectivity index (χ3v) is 6.03. The van der Waals surface area contributed by atoms with Gasteiger partial charge in [-0.3, -0.25) is 14.5 Å². The summed E-state index contributed by atoms with van der Waals surface area (Å²) < 4.78 is 25.2. The van der Waals surface area contributed by atoms with Gasteiger partial charge in [0.1, 0.15) is 0 Å². The third kappa shape index (κ3) is 5.00. The Kier molecular flexibility index (Phi) is 6.15. The number of sulfonamides is 1. The first kappa shape index (κ1) is 19.4. The quantitative estimate of drug-likeness (QED) is 0.710. The molecule has 0 aliphatic carbocycles. The number of rotatable bonds is 6. The molecule has 3 N–H and O–H groups in total. The number of nitrogens with one attached hydrogen (secondary N) is 1. The Hall–Kier alpha value is -1.97. The van der Waals surface area contributed by atoms with Gasteiger partial charge in [-0.05, 0) is 37.1 Å². The minimum Gasteiger partial charge on any atom is -0.369 e. The number of carbonyl (C=O) groups excluding carboxylic acids is 2. The molecule has 25 heavy (non-hydrogen) atoms. The molecule has 0 radical (unpaired) electrons. The van der Waals surface area contributed by atoms with Crippen LogP contribution < -0.4 is 11.1 Å². The molecule has 0 spiro atoms. The van der Waals surface area contributed by atoms with Crippen LogP contribution in [-0.4, -0.2) is 69.2 Å². The van der Waals surface area contributed by atoms with E-state index in [0.717, 1.165) is 17.1 Å². The fraction of sp³-hybridized carbons (Fsp3) is 0.500. The molecule has 1 aliphatic heterocycles. The van der Waals surface area contributed by atoms with E-state index in [1.54, 1.807) is 0 Å². The summed E-state index contributed by atoms with van der Waals surface area (Å²) in [5.74, 6) is -0.586. The Balaban J connectivity index is 1.93. The summed E-state index contributed by atoms with van der Waals surface area (Å²) in [4.78, 5) is 25.3. The number of primary amides is 1. The number of amides is 2. The lowest BCUT2D eigenvalue weighted by Gasteiger charge is -2.31. The predicted octanol–water partition coefficient (Wildman–Crippen LogP) is -0.384. The highest BCUT2D eigenvalue weighted by Crippen LogP contribution is 2.15. The van der Waals surface area contributed by atoms with Crippen molar-refractivity contribution in [3.8, 4) is 0 Å². The van der Waals surface area contributed by atoms with E-state index >= 15 is 0 Å². The maximum atomic E-state index is 12.3. The molecule has 1 saturated heterocycles. The second-order valence-corrected chi connectivity index (χ2v) is 8.45. The van der Waals surface area contributed by atoms with Crippen LogP contribution in [0.5, 0.6) is 0 Å². The Bertz CT molecular complexity index is 723. The molecule has 9 heteroatoms. The van der Waals surface area contributed by atoms with Gasteiger partial charge in [-0.15, -0.1) is 0 Å². The number of nitrogens with zero attached hydrogens (tertiary/aromatic N) is 2. The number of piperidine rings is 1. The zero-order valence-corrected chi connectivity index (χ0v) is 15.3. The van der Waals surface area contributed by atoms with Gasteiger partial charge in [0.05, 0.1) is 11.4 Å². The van der Waals surface area contributed by atoms with Crippen LogP contribution in [0.4, 0.5) is 0 Å². The summed E-state index contributed by atoms with van der Waals surface area (Å²) in [7, 11) is -0.587. The van der Waals surface area contributed by atoms with Gasteiger partial charge in [0.25, 0.3) is 5.91 Å². The van der Waals surface area contributed by atoms with E-state index in [0.29, 0.717) is 18.7 Å². The van der Waals surface area contributed by atoms with Crippen LogP contribution in [0.25, 0.3) is 0 Å². The lowest BCUT2D eigenvalue weighted by Crippen LogP contribution is -2.46. The molecule has 0 saturated carbocycles. The topological polar surface area (TPSA) is 113 Å².